The molecule has 0 unspecified atom stereocenters. The van der Waals surface area contributed by atoms with Crippen molar-refractivity contribution in [3.05, 3.63) is 29.8 Å². The first kappa shape index (κ1) is 14.2. The molecule has 0 aliphatic carbocycles. The lowest BCUT2D eigenvalue weighted by atomic mass is 9.91. The molecule has 1 rings (SSSR count). The number of benzene rings is 1. The van der Waals surface area contributed by atoms with Gasteiger partial charge in [-0.3, -0.25) is 9.59 Å². The number of carbonyl (C=O) groups is 2. The minimum absolute atomic E-state index is 0.0202. The lowest BCUT2D eigenvalue weighted by Gasteiger charge is -2.16. The van der Waals surface area contributed by atoms with Gasteiger partial charge in [-0.15, -0.1) is 0 Å². The largest absolute Gasteiger partial charge is 0.508 e. The monoisotopic (exact) mass is 249 g/mol. The molecule has 1 aromatic rings. The van der Waals surface area contributed by atoms with Gasteiger partial charge in [-0.2, -0.15) is 0 Å². The number of nitrogens with one attached hydrogen (secondary N) is 1. The standard InChI is InChI=1S/C14H19NO3/c1-14(2,3)12(17)9-15-13(18)8-10-6-4-5-7-11(10)16/h4-7,16H,8-9H2,1-3H3,(H,15,18). The van der Waals surface area contributed by atoms with Crippen LogP contribution in [0, 0.1) is 5.41 Å². The zero-order valence-corrected chi connectivity index (χ0v) is 11.0. The van der Waals surface area contributed by atoms with Crippen LogP contribution in [-0.2, 0) is 16.0 Å². The van der Waals surface area contributed by atoms with Gasteiger partial charge < -0.3 is 10.4 Å². The molecule has 0 aromatic heterocycles. The highest BCUT2D eigenvalue weighted by Crippen LogP contribution is 2.16. The number of aromatic hydroxyl groups is 1. The fraction of sp³-hybridized carbons (Fsp3) is 0.429. The van der Waals surface area contributed by atoms with Gasteiger partial charge in [0.25, 0.3) is 0 Å². The maximum atomic E-state index is 11.6. The highest BCUT2D eigenvalue weighted by atomic mass is 16.3. The van der Waals surface area contributed by atoms with E-state index in [1.807, 2.05) is 20.8 Å². The van der Waals surface area contributed by atoms with Crippen molar-refractivity contribution in [2.75, 3.05) is 6.54 Å². The smallest absolute Gasteiger partial charge is 0.224 e. The minimum Gasteiger partial charge on any atom is -0.508 e. The Balaban J connectivity index is 2.49. The summed E-state index contributed by atoms with van der Waals surface area (Å²) < 4.78 is 0. The van der Waals surface area contributed by atoms with E-state index in [0.717, 1.165) is 0 Å². The summed E-state index contributed by atoms with van der Waals surface area (Å²) in [7, 11) is 0. The number of phenols is 1. The Labute approximate surface area is 107 Å². The Morgan fingerprint density at radius 2 is 1.83 bits per heavy atom. The van der Waals surface area contributed by atoms with Crippen molar-refractivity contribution in [1.82, 2.24) is 5.32 Å². The summed E-state index contributed by atoms with van der Waals surface area (Å²) in [4.78, 5) is 23.2. The Hall–Kier alpha value is -1.84. The van der Waals surface area contributed by atoms with E-state index in [4.69, 9.17) is 0 Å². The van der Waals surface area contributed by atoms with Gasteiger partial charge in [-0.1, -0.05) is 39.0 Å². The first-order valence-corrected chi connectivity index (χ1v) is 5.87. The summed E-state index contributed by atoms with van der Waals surface area (Å²) in [6.45, 7) is 5.45. The maximum absolute atomic E-state index is 11.6. The zero-order valence-electron chi connectivity index (χ0n) is 11.0. The maximum Gasteiger partial charge on any atom is 0.224 e. The number of carbonyl (C=O) groups excluding carboxylic acids is 2. The molecule has 0 aliphatic rings. The number of rotatable bonds is 4. The van der Waals surface area contributed by atoms with Crippen LogP contribution in [0.25, 0.3) is 0 Å². The van der Waals surface area contributed by atoms with Gasteiger partial charge in [0, 0.05) is 11.0 Å². The van der Waals surface area contributed by atoms with E-state index < -0.39 is 5.41 Å². The van der Waals surface area contributed by atoms with Gasteiger partial charge in [-0.25, -0.2) is 0 Å². The van der Waals surface area contributed by atoms with Gasteiger partial charge in [0.15, 0.2) is 5.78 Å². The summed E-state index contributed by atoms with van der Waals surface area (Å²) in [5, 5.41) is 12.1. The van der Waals surface area contributed by atoms with Crippen LogP contribution < -0.4 is 5.32 Å². The van der Waals surface area contributed by atoms with Crippen LogP contribution in [0.15, 0.2) is 24.3 Å². The van der Waals surface area contributed by atoms with Gasteiger partial charge in [0.2, 0.25) is 5.91 Å². The summed E-state index contributed by atoms with van der Waals surface area (Å²) in [5.74, 6) is -0.197. The van der Waals surface area contributed by atoms with Crippen molar-refractivity contribution >= 4 is 11.7 Å². The number of Topliss-reactive ketones (excluding diaryl/α,β-unsaturated/α-hetero) is 1. The average Bonchev–Trinajstić information content (AvgIpc) is 2.27. The van der Waals surface area contributed by atoms with Gasteiger partial charge in [-0.05, 0) is 6.07 Å². The Morgan fingerprint density at radius 1 is 1.22 bits per heavy atom. The third kappa shape index (κ3) is 4.20. The van der Waals surface area contributed by atoms with Crippen LogP contribution in [0.5, 0.6) is 5.75 Å². The second-order valence-corrected chi connectivity index (χ2v) is 5.26. The van der Waals surface area contributed by atoms with Crippen LogP contribution in [0.4, 0.5) is 0 Å². The van der Waals surface area contributed by atoms with E-state index in [9.17, 15) is 14.7 Å². The molecule has 0 radical (unpaired) electrons. The van der Waals surface area contributed by atoms with Crippen molar-refractivity contribution in [1.29, 1.82) is 0 Å². The predicted molar refractivity (Wildman–Crippen MR) is 69.3 cm³/mol. The van der Waals surface area contributed by atoms with E-state index in [1.54, 1.807) is 18.2 Å². The van der Waals surface area contributed by atoms with Crippen LogP contribution in [0.1, 0.15) is 26.3 Å². The second kappa shape index (κ2) is 5.67. The average molecular weight is 249 g/mol. The quantitative estimate of drug-likeness (QED) is 0.853. The molecule has 1 amide bonds. The first-order valence-electron chi connectivity index (χ1n) is 5.87. The number of hydrogen-bond donors (Lipinski definition) is 2. The number of para-hydroxylation sites is 1. The molecular formula is C14H19NO3. The van der Waals surface area contributed by atoms with Crippen LogP contribution in [-0.4, -0.2) is 23.3 Å². The molecule has 0 fully saturated rings. The SMILES string of the molecule is CC(C)(C)C(=O)CNC(=O)Cc1ccccc1O. The summed E-state index contributed by atoms with van der Waals surface area (Å²) in [6, 6.07) is 6.66. The topological polar surface area (TPSA) is 66.4 Å². The van der Waals surface area contributed by atoms with Crippen LogP contribution in [0.3, 0.4) is 0 Å². The lowest BCUT2D eigenvalue weighted by molar-refractivity contribution is -0.128. The normalized spacial score (nSPS) is 11.1. The van der Waals surface area contributed by atoms with Crippen LogP contribution in [0.2, 0.25) is 0 Å². The molecule has 0 aliphatic heterocycles. The molecule has 2 N–H and O–H groups in total. The number of ketones is 1. The molecule has 0 saturated heterocycles. The molecule has 0 spiro atoms. The van der Waals surface area contributed by atoms with Crippen molar-refractivity contribution in [2.24, 2.45) is 5.41 Å². The first-order chi connectivity index (χ1) is 8.30. The molecule has 0 saturated carbocycles. The molecular weight excluding hydrogens is 230 g/mol. The van der Waals surface area contributed by atoms with Gasteiger partial charge in [0.1, 0.15) is 5.75 Å². The van der Waals surface area contributed by atoms with Crippen molar-refractivity contribution in [3.63, 3.8) is 0 Å². The number of amides is 1. The molecule has 0 atom stereocenters. The van der Waals surface area contributed by atoms with Crippen molar-refractivity contribution in [2.45, 2.75) is 27.2 Å². The van der Waals surface area contributed by atoms with E-state index >= 15 is 0 Å². The summed E-state index contributed by atoms with van der Waals surface area (Å²) in [5.41, 5.74) is 0.0977. The third-order valence-corrected chi connectivity index (χ3v) is 2.63. The Bertz CT molecular complexity index is 447. The van der Waals surface area contributed by atoms with Crippen molar-refractivity contribution < 1.29 is 14.7 Å². The Kier molecular flexibility index (Phi) is 4.48. The van der Waals surface area contributed by atoms with Crippen molar-refractivity contribution in [3.8, 4) is 5.75 Å². The fourth-order valence-electron chi connectivity index (χ4n) is 1.34. The predicted octanol–water partition coefficient (Wildman–Crippen LogP) is 1.67. The van der Waals surface area contributed by atoms with E-state index in [-0.39, 0.29) is 30.4 Å². The molecule has 0 heterocycles. The van der Waals surface area contributed by atoms with Gasteiger partial charge in [0.05, 0.1) is 13.0 Å². The third-order valence-electron chi connectivity index (χ3n) is 2.63. The molecule has 98 valence electrons. The Morgan fingerprint density at radius 3 is 2.39 bits per heavy atom. The zero-order chi connectivity index (χ0) is 13.8. The number of phenolic OH excluding ortho intramolecular Hbond substituents is 1. The molecule has 18 heavy (non-hydrogen) atoms. The minimum atomic E-state index is -0.456. The van der Waals surface area contributed by atoms with E-state index in [0.29, 0.717) is 5.56 Å². The summed E-state index contributed by atoms with van der Waals surface area (Å²) >= 11 is 0. The highest BCUT2D eigenvalue weighted by molar-refractivity contribution is 5.89. The number of hydrogen-bond acceptors (Lipinski definition) is 3. The van der Waals surface area contributed by atoms with Crippen LogP contribution >= 0.6 is 0 Å². The second-order valence-electron chi connectivity index (χ2n) is 5.26. The fourth-order valence-corrected chi connectivity index (χ4v) is 1.34. The molecule has 1 aromatic carbocycles. The molecule has 4 heteroatoms. The van der Waals surface area contributed by atoms with E-state index in [2.05, 4.69) is 5.32 Å². The highest BCUT2D eigenvalue weighted by Gasteiger charge is 2.21. The molecule has 4 nitrogen and oxygen atoms in total. The summed E-state index contributed by atoms with van der Waals surface area (Å²) in [6.07, 6.45) is 0.0735. The van der Waals surface area contributed by atoms with Gasteiger partial charge >= 0.3 is 0 Å². The van der Waals surface area contributed by atoms with E-state index in [1.165, 1.54) is 6.07 Å². The molecule has 0 bridgehead atoms. The lowest BCUT2D eigenvalue weighted by Crippen LogP contribution is -2.36.